The summed E-state index contributed by atoms with van der Waals surface area (Å²) >= 11 is 6.14. The lowest BCUT2D eigenvalue weighted by molar-refractivity contribution is -0.138. The first-order valence-corrected chi connectivity index (χ1v) is 10.1. The van der Waals surface area contributed by atoms with Crippen molar-refractivity contribution in [1.29, 1.82) is 0 Å². The number of hydrogen-bond donors (Lipinski definition) is 2. The lowest BCUT2D eigenvalue weighted by Crippen LogP contribution is -2.31. The van der Waals surface area contributed by atoms with Crippen LogP contribution in [-0.2, 0) is 11.0 Å². The number of benzene rings is 2. The van der Waals surface area contributed by atoms with Gasteiger partial charge in [-0.1, -0.05) is 29.8 Å². The monoisotopic (exact) mass is 496 g/mol. The number of carbonyl (C=O) groups is 2. The first-order valence-electron chi connectivity index (χ1n) is 9.70. The molecule has 0 bridgehead atoms. The number of nitrogens with one attached hydrogen (secondary N) is 1. The molecular formula is C23H17ClF4N2O4. The van der Waals surface area contributed by atoms with Crippen molar-refractivity contribution in [2.75, 3.05) is 7.11 Å². The number of carbonyl (C=O) groups excluding carboxylic acids is 1. The van der Waals surface area contributed by atoms with Crippen LogP contribution in [0.3, 0.4) is 0 Å². The van der Waals surface area contributed by atoms with Crippen LogP contribution in [0.4, 0.5) is 17.6 Å². The van der Waals surface area contributed by atoms with Gasteiger partial charge >= 0.3 is 12.1 Å². The van der Waals surface area contributed by atoms with E-state index < -0.39 is 41.9 Å². The summed E-state index contributed by atoms with van der Waals surface area (Å²) in [6, 6.07) is 9.81. The highest BCUT2D eigenvalue weighted by atomic mass is 35.5. The minimum Gasteiger partial charge on any atom is -0.494 e. The van der Waals surface area contributed by atoms with E-state index in [2.05, 4.69) is 10.3 Å². The molecular weight excluding hydrogens is 480 g/mol. The summed E-state index contributed by atoms with van der Waals surface area (Å²) in [6.07, 6.45) is -5.22. The molecule has 1 amide bonds. The van der Waals surface area contributed by atoms with Crippen molar-refractivity contribution in [2.24, 2.45) is 0 Å². The Hall–Kier alpha value is -3.66. The van der Waals surface area contributed by atoms with Crippen molar-refractivity contribution in [2.45, 2.75) is 18.6 Å². The van der Waals surface area contributed by atoms with Gasteiger partial charge in [-0.2, -0.15) is 13.2 Å². The lowest BCUT2D eigenvalue weighted by Gasteiger charge is -2.19. The maximum absolute atomic E-state index is 14.6. The Bertz CT molecular complexity index is 1230. The SMILES string of the molecule is COc1ccc(C(=O)N[C@@H](CC(=O)O)c2ccccc2Cl)nc1-c1ccc(C(F)(F)F)cc1F. The third-order valence-electron chi connectivity index (χ3n) is 4.83. The Morgan fingerprint density at radius 1 is 1.15 bits per heavy atom. The summed E-state index contributed by atoms with van der Waals surface area (Å²) in [6.45, 7) is 0. The number of nitrogens with zero attached hydrogens (tertiary/aromatic N) is 1. The van der Waals surface area contributed by atoms with E-state index in [9.17, 15) is 32.3 Å². The number of methoxy groups -OCH3 is 1. The van der Waals surface area contributed by atoms with Crippen LogP contribution < -0.4 is 10.1 Å². The summed E-state index contributed by atoms with van der Waals surface area (Å²) in [5.74, 6) is -3.19. The fraction of sp³-hybridized carbons (Fsp3) is 0.174. The van der Waals surface area contributed by atoms with Crippen LogP contribution in [0.25, 0.3) is 11.3 Å². The summed E-state index contributed by atoms with van der Waals surface area (Å²) < 4.78 is 58.3. The Kier molecular flexibility index (Phi) is 7.41. The molecule has 0 aliphatic heterocycles. The van der Waals surface area contributed by atoms with Crippen LogP contribution in [0.5, 0.6) is 5.75 Å². The highest BCUT2D eigenvalue weighted by Gasteiger charge is 2.32. The number of hydrogen-bond acceptors (Lipinski definition) is 4. The van der Waals surface area contributed by atoms with E-state index in [-0.39, 0.29) is 27.7 Å². The number of pyridine rings is 1. The van der Waals surface area contributed by atoms with Gasteiger partial charge in [-0.05, 0) is 42.0 Å². The molecule has 34 heavy (non-hydrogen) atoms. The Morgan fingerprint density at radius 2 is 1.85 bits per heavy atom. The van der Waals surface area contributed by atoms with Gasteiger partial charge in [-0.25, -0.2) is 9.37 Å². The standard InChI is InChI=1S/C23H17ClF4N2O4/c1-34-19-9-8-17(29-21(19)14-7-6-12(10-16(14)25)23(26,27)28)22(33)30-18(11-20(31)32)13-4-2-3-5-15(13)24/h2-10,18H,11H2,1H3,(H,30,33)(H,31,32)/t18-/m0/s1. The van der Waals surface area contributed by atoms with Gasteiger partial charge < -0.3 is 15.2 Å². The van der Waals surface area contributed by atoms with Crippen LogP contribution in [0.2, 0.25) is 5.02 Å². The molecule has 2 N–H and O–H groups in total. The van der Waals surface area contributed by atoms with Gasteiger partial charge in [-0.15, -0.1) is 0 Å². The number of amides is 1. The van der Waals surface area contributed by atoms with E-state index in [0.29, 0.717) is 17.7 Å². The predicted molar refractivity (Wildman–Crippen MR) is 115 cm³/mol. The fourth-order valence-electron chi connectivity index (χ4n) is 3.22. The van der Waals surface area contributed by atoms with Crippen LogP contribution in [0, 0.1) is 5.82 Å². The van der Waals surface area contributed by atoms with Crippen LogP contribution in [-0.4, -0.2) is 29.1 Å². The molecule has 0 saturated heterocycles. The van der Waals surface area contributed by atoms with Crippen molar-refractivity contribution in [3.63, 3.8) is 0 Å². The zero-order valence-corrected chi connectivity index (χ0v) is 18.2. The van der Waals surface area contributed by atoms with Crippen LogP contribution >= 0.6 is 11.6 Å². The average Bonchev–Trinajstić information content (AvgIpc) is 2.77. The van der Waals surface area contributed by atoms with Gasteiger partial charge in [0, 0.05) is 10.6 Å². The zero-order valence-electron chi connectivity index (χ0n) is 17.5. The van der Waals surface area contributed by atoms with Crippen molar-refractivity contribution in [3.05, 3.63) is 82.3 Å². The molecule has 3 rings (SSSR count). The third kappa shape index (κ3) is 5.63. The molecule has 1 atom stereocenters. The second-order valence-electron chi connectivity index (χ2n) is 7.09. The largest absolute Gasteiger partial charge is 0.494 e. The number of aliphatic carboxylic acids is 1. The molecule has 0 spiro atoms. The van der Waals surface area contributed by atoms with Gasteiger partial charge in [0.15, 0.2) is 0 Å². The van der Waals surface area contributed by atoms with Crippen molar-refractivity contribution in [3.8, 4) is 17.0 Å². The number of ether oxygens (including phenoxy) is 1. The topological polar surface area (TPSA) is 88.5 Å². The maximum atomic E-state index is 14.6. The first kappa shape index (κ1) is 25.0. The summed E-state index contributed by atoms with van der Waals surface area (Å²) in [4.78, 5) is 28.3. The normalized spacial score (nSPS) is 12.2. The molecule has 2 aromatic carbocycles. The summed E-state index contributed by atoms with van der Waals surface area (Å²) in [5, 5.41) is 12.0. The molecule has 6 nitrogen and oxygen atoms in total. The molecule has 0 aliphatic rings. The predicted octanol–water partition coefficient (Wildman–Crippen LogP) is 5.51. The van der Waals surface area contributed by atoms with E-state index in [1.807, 2.05) is 0 Å². The zero-order chi connectivity index (χ0) is 25.0. The van der Waals surface area contributed by atoms with Gasteiger partial charge in [0.25, 0.3) is 5.91 Å². The lowest BCUT2D eigenvalue weighted by atomic mass is 10.0. The molecule has 1 aromatic heterocycles. The summed E-state index contributed by atoms with van der Waals surface area (Å²) in [7, 11) is 1.25. The van der Waals surface area contributed by atoms with E-state index in [1.54, 1.807) is 18.2 Å². The van der Waals surface area contributed by atoms with Crippen molar-refractivity contribution < 1.29 is 37.0 Å². The van der Waals surface area contributed by atoms with E-state index in [0.717, 1.165) is 6.07 Å². The third-order valence-corrected chi connectivity index (χ3v) is 5.17. The smallest absolute Gasteiger partial charge is 0.416 e. The van der Waals surface area contributed by atoms with Crippen molar-refractivity contribution >= 4 is 23.5 Å². The highest BCUT2D eigenvalue weighted by molar-refractivity contribution is 6.31. The number of rotatable bonds is 7. The Morgan fingerprint density at radius 3 is 2.44 bits per heavy atom. The van der Waals surface area contributed by atoms with Crippen LogP contribution in [0.15, 0.2) is 54.6 Å². The second kappa shape index (κ2) is 10.1. The molecule has 0 saturated carbocycles. The molecule has 0 aliphatic carbocycles. The minimum absolute atomic E-state index is 0.0170. The molecule has 3 aromatic rings. The Labute approximate surface area is 196 Å². The number of aromatic nitrogens is 1. The molecule has 0 fully saturated rings. The maximum Gasteiger partial charge on any atom is 0.416 e. The highest BCUT2D eigenvalue weighted by Crippen LogP contribution is 2.35. The second-order valence-corrected chi connectivity index (χ2v) is 7.49. The first-order chi connectivity index (χ1) is 16.0. The van der Waals surface area contributed by atoms with E-state index >= 15 is 0 Å². The quantitative estimate of drug-likeness (QED) is 0.421. The number of alkyl halides is 3. The van der Waals surface area contributed by atoms with Gasteiger partial charge in [0.05, 0.1) is 25.1 Å². The fourth-order valence-corrected chi connectivity index (χ4v) is 3.48. The molecule has 1 heterocycles. The van der Waals surface area contributed by atoms with Gasteiger partial charge in [0.1, 0.15) is 23.0 Å². The van der Waals surface area contributed by atoms with Gasteiger partial charge in [-0.3, -0.25) is 9.59 Å². The van der Waals surface area contributed by atoms with Gasteiger partial charge in [0.2, 0.25) is 0 Å². The molecule has 0 radical (unpaired) electrons. The molecule has 0 unspecified atom stereocenters. The van der Waals surface area contributed by atoms with E-state index in [4.69, 9.17) is 16.3 Å². The average molecular weight is 497 g/mol. The molecule has 178 valence electrons. The number of carboxylic acids is 1. The number of halogens is 5. The van der Waals surface area contributed by atoms with Crippen LogP contribution in [0.1, 0.15) is 34.1 Å². The van der Waals surface area contributed by atoms with Crippen molar-refractivity contribution in [1.82, 2.24) is 10.3 Å². The number of carboxylic acid groups (broad SMARTS) is 1. The minimum atomic E-state index is -4.74. The summed E-state index contributed by atoms with van der Waals surface area (Å²) in [5.41, 5.74) is -1.57. The van der Waals surface area contributed by atoms with E-state index in [1.165, 1.54) is 25.3 Å². The molecule has 11 heteroatoms. The Balaban J connectivity index is 1.98.